The molecule has 0 aromatic heterocycles. The van der Waals surface area contributed by atoms with E-state index >= 15 is 0 Å². The van der Waals surface area contributed by atoms with Crippen LogP contribution in [-0.2, 0) is 4.79 Å². The number of thiocarbonyl (C=S) groups is 1. The Labute approximate surface area is 197 Å². The van der Waals surface area contributed by atoms with Crippen LogP contribution >= 0.6 is 35.6 Å². The first-order chi connectivity index (χ1) is 14.8. The fourth-order valence-electron chi connectivity index (χ4n) is 3.05. The third-order valence-corrected chi connectivity index (χ3v) is 6.33. The molecule has 0 bridgehead atoms. The Bertz CT molecular complexity index is 1040. The number of halogens is 1. The summed E-state index contributed by atoms with van der Waals surface area (Å²) in [6.45, 7) is 7.13. The first-order valence-electron chi connectivity index (χ1n) is 9.79. The lowest BCUT2D eigenvalue weighted by Crippen LogP contribution is -2.27. The predicted octanol–water partition coefficient (Wildman–Crippen LogP) is 5.64. The second-order valence-corrected chi connectivity index (χ2v) is 9.01. The number of hydrogen-bond donors (Lipinski definition) is 0. The Balaban J connectivity index is 1.70. The number of carbonyl (C=O) groups excluding carboxylic acids is 1. The molecule has 1 heterocycles. The van der Waals surface area contributed by atoms with Crippen molar-refractivity contribution in [3.8, 4) is 17.2 Å². The monoisotopic (exact) mass is 477 g/mol. The van der Waals surface area contributed by atoms with E-state index in [1.807, 2.05) is 39.0 Å². The van der Waals surface area contributed by atoms with Crippen molar-refractivity contribution >= 4 is 51.9 Å². The fourth-order valence-corrected chi connectivity index (χ4v) is 4.70. The number of carbonyl (C=O) groups is 1. The minimum Gasteiger partial charge on any atom is -0.493 e. The van der Waals surface area contributed by atoms with Crippen LogP contribution in [-0.4, -0.2) is 42.0 Å². The Morgan fingerprint density at radius 3 is 2.55 bits per heavy atom. The molecule has 0 aliphatic carbocycles. The van der Waals surface area contributed by atoms with Crippen LogP contribution in [0.15, 0.2) is 35.2 Å². The quantitative estimate of drug-likeness (QED) is 0.278. The van der Waals surface area contributed by atoms with Gasteiger partial charge in [-0.15, -0.1) is 0 Å². The third kappa shape index (κ3) is 5.53. The van der Waals surface area contributed by atoms with E-state index in [9.17, 15) is 4.79 Å². The molecule has 0 atom stereocenters. The maximum absolute atomic E-state index is 12.4. The minimum atomic E-state index is -0.100. The van der Waals surface area contributed by atoms with E-state index in [1.165, 1.54) is 11.8 Å². The Kier molecular flexibility index (Phi) is 7.86. The largest absolute Gasteiger partial charge is 0.493 e. The first kappa shape index (κ1) is 23.4. The average Bonchev–Trinajstić information content (AvgIpc) is 3.00. The number of rotatable bonds is 8. The van der Waals surface area contributed by atoms with Crippen LogP contribution < -0.4 is 14.2 Å². The fraction of sp³-hybridized carbons (Fsp3) is 0.304. The molecule has 1 aliphatic heterocycles. The van der Waals surface area contributed by atoms with Crippen LogP contribution in [0.25, 0.3) is 6.08 Å². The van der Waals surface area contributed by atoms with E-state index in [0.29, 0.717) is 45.5 Å². The smallest absolute Gasteiger partial charge is 0.266 e. The van der Waals surface area contributed by atoms with Crippen LogP contribution in [0.5, 0.6) is 17.2 Å². The third-order valence-electron chi connectivity index (χ3n) is 4.67. The Hall–Kier alpha value is -2.22. The molecule has 1 amide bonds. The number of amides is 1. The van der Waals surface area contributed by atoms with Crippen LogP contribution in [0, 0.1) is 13.8 Å². The van der Waals surface area contributed by atoms with Crippen molar-refractivity contribution in [2.24, 2.45) is 0 Å². The summed E-state index contributed by atoms with van der Waals surface area (Å²) in [5, 5.41) is 0.392. The molecule has 0 saturated carbocycles. The van der Waals surface area contributed by atoms with Gasteiger partial charge >= 0.3 is 0 Å². The molecule has 1 aliphatic rings. The highest BCUT2D eigenvalue weighted by molar-refractivity contribution is 8.26. The number of methoxy groups -OCH3 is 1. The van der Waals surface area contributed by atoms with Crippen molar-refractivity contribution in [3.63, 3.8) is 0 Å². The van der Waals surface area contributed by atoms with Gasteiger partial charge in [0.2, 0.25) is 0 Å². The van der Waals surface area contributed by atoms with Gasteiger partial charge in [0.05, 0.1) is 17.0 Å². The lowest BCUT2D eigenvalue weighted by atomic mass is 10.1. The van der Waals surface area contributed by atoms with Crippen LogP contribution in [0.1, 0.15) is 23.6 Å². The number of benzene rings is 2. The highest BCUT2D eigenvalue weighted by Gasteiger charge is 2.30. The Morgan fingerprint density at radius 2 is 1.87 bits per heavy atom. The van der Waals surface area contributed by atoms with Crippen molar-refractivity contribution in [2.75, 3.05) is 26.9 Å². The summed E-state index contributed by atoms with van der Waals surface area (Å²) in [4.78, 5) is 14.6. The molecule has 8 heteroatoms. The van der Waals surface area contributed by atoms with Crippen molar-refractivity contribution in [1.29, 1.82) is 0 Å². The van der Waals surface area contributed by atoms with Gasteiger partial charge in [-0.05, 0) is 61.7 Å². The molecule has 1 saturated heterocycles. The lowest BCUT2D eigenvalue weighted by molar-refractivity contribution is -0.121. The van der Waals surface area contributed by atoms with Crippen LogP contribution in [0.4, 0.5) is 0 Å². The summed E-state index contributed by atoms with van der Waals surface area (Å²) in [6.07, 6.45) is 1.76. The van der Waals surface area contributed by atoms with Crippen LogP contribution in [0.3, 0.4) is 0 Å². The number of thioether (sulfide) groups is 1. The SMILES string of the molecule is CCN1C(=O)C(=Cc2cc(Cl)c(OCCOc3cc(C)ccc3C)c(OC)c2)SC1=S. The van der Waals surface area contributed by atoms with E-state index in [0.717, 1.165) is 22.4 Å². The van der Waals surface area contributed by atoms with E-state index in [2.05, 4.69) is 0 Å². The lowest BCUT2D eigenvalue weighted by Gasteiger charge is -2.15. The highest BCUT2D eigenvalue weighted by atomic mass is 35.5. The molecule has 31 heavy (non-hydrogen) atoms. The molecule has 3 rings (SSSR count). The summed E-state index contributed by atoms with van der Waals surface area (Å²) in [5.74, 6) is 1.65. The van der Waals surface area contributed by atoms with Gasteiger partial charge in [0.25, 0.3) is 5.91 Å². The standard InChI is InChI=1S/C23H24ClNO4S2/c1-5-25-22(26)20(31-23(25)30)13-16-11-17(24)21(19(12-16)27-4)29-9-8-28-18-10-14(2)6-7-15(18)3/h6-7,10-13H,5,8-9H2,1-4H3. The molecular weight excluding hydrogens is 454 g/mol. The molecule has 0 spiro atoms. The average molecular weight is 478 g/mol. The summed E-state index contributed by atoms with van der Waals surface area (Å²) in [6, 6.07) is 9.59. The van der Waals surface area contributed by atoms with E-state index in [4.69, 9.17) is 38.0 Å². The number of aryl methyl sites for hydroxylation is 2. The normalized spacial score (nSPS) is 15.0. The van der Waals surface area contributed by atoms with Gasteiger partial charge in [-0.25, -0.2) is 0 Å². The zero-order valence-corrected chi connectivity index (χ0v) is 20.2. The molecule has 0 N–H and O–H groups in total. The van der Waals surface area contributed by atoms with Gasteiger partial charge in [0.1, 0.15) is 23.3 Å². The molecule has 2 aromatic carbocycles. The summed E-state index contributed by atoms with van der Waals surface area (Å²) >= 11 is 13.0. The Morgan fingerprint density at radius 1 is 1.13 bits per heavy atom. The maximum Gasteiger partial charge on any atom is 0.266 e. The number of hydrogen-bond acceptors (Lipinski definition) is 6. The number of nitrogens with zero attached hydrogens (tertiary/aromatic N) is 1. The molecule has 5 nitrogen and oxygen atoms in total. The van der Waals surface area contributed by atoms with Gasteiger partial charge in [0, 0.05) is 6.54 Å². The topological polar surface area (TPSA) is 48.0 Å². The maximum atomic E-state index is 12.4. The highest BCUT2D eigenvalue weighted by Crippen LogP contribution is 2.39. The molecule has 2 aromatic rings. The molecule has 0 radical (unpaired) electrons. The summed E-state index contributed by atoms with van der Waals surface area (Å²) in [7, 11) is 1.55. The molecule has 1 fully saturated rings. The van der Waals surface area contributed by atoms with Gasteiger partial charge in [-0.2, -0.15) is 0 Å². The number of likely N-dealkylation sites (N-methyl/N-ethyl adjacent to an activating group) is 1. The summed E-state index contributed by atoms with van der Waals surface area (Å²) < 4.78 is 17.7. The van der Waals surface area contributed by atoms with Gasteiger partial charge in [-0.3, -0.25) is 9.69 Å². The van der Waals surface area contributed by atoms with Crippen molar-refractivity contribution < 1.29 is 19.0 Å². The van der Waals surface area contributed by atoms with Crippen molar-refractivity contribution in [1.82, 2.24) is 4.90 Å². The second-order valence-electron chi connectivity index (χ2n) is 6.93. The summed E-state index contributed by atoms with van der Waals surface area (Å²) in [5.41, 5.74) is 2.94. The zero-order valence-electron chi connectivity index (χ0n) is 17.9. The zero-order chi connectivity index (χ0) is 22.5. The molecular formula is C23H24ClNO4S2. The van der Waals surface area contributed by atoms with Crippen LogP contribution in [0.2, 0.25) is 5.02 Å². The first-order valence-corrected chi connectivity index (χ1v) is 11.4. The predicted molar refractivity (Wildman–Crippen MR) is 130 cm³/mol. The molecule has 164 valence electrons. The van der Waals surface area contributed by atoms with Gasteiger partial charge in [0.15, 0.2) is 11.5 Å². The van der Waals surface area contributed by atoms with E-state index in [-0.39, 0.29) is 5.91 Å². The van der Waals surface area contributed by atoms with E-state index < -0.39 is 0 Å². The van der Waals surface area contributed by atoms with Gasteiger partial charge in [-0.1, -0.05) is 47.7 Å². The van der Waals surface area contributed by atoms with Gasteiger partial charge < -0.3 is 14.2 Å². The second kappa shape index (κ2) is 10.4. The van der Waals surface area contributed by atoms with E-state index in [1.54, 1.807) is 30.2 Å². The van der Waals surface area contributed by atoms with Crippen molar-refractivity contribution in [2.45, 2.75) is 20.8 Å². The van der Waals surface area contributed by atoms with Crippen molar-refractivity contribution in [3.05, 3.63) is 56.9 Å². The molecule has 0 unspecified atom stereocenters. The number of ether oxygens (including phenoxy) is 3. The minimum absolute atomic E-state index is 0.100.